The molecule has 1 fully saturated rings. The summed E-state index contributed by atoms with van der Waals surface area (Å²) in [6, 6.07) is 6.15. The van der Waals surface area contributed by atoms with E-state index in [0.717, 1.165) is 6.07 Å². The second kappa shape index (κ2) is 7.88. The summed E-state index contributed by atoms with van der Waals surface area (Å²) in [6.07, 6.45) is -7.14. The first-order valence-electron chi connectivity index (χ1n) is 9.50. The van der Waals surface area contributed by atoms with Crippen molar-refractivity contribution in [1.82, 2.24) is 0 Å². The number of fused-ring (bicyclic) bond motifs is 1. The lowest BCUT2D eigenvalue weighted by atomic mass is 10.00. The maximum atomic E-state index is 12.6. The average molecular weight is 448 g/mol. The summed E-state index contributed by atoms with van der Waals surface area (Å²) in [7, 11) is 0. The van der Waals surface area contributed by atoms with Gasteiger partial charge in [-0.1, -0.05) is 0 Å². The van der Waals surface area contributed by atoms with E-state index >= 15 is 0 Å². The Hall–Kier alpha value is -3.51. The highest BCUT2D eigenvalue weighted by Crippen LogP contribution is 2.43. The van der Waals surface area contributed by atoms with Gasteiger partial charge in [-0.25, -0.2) is 0 Å². The predicted molar refractivity (Wildman–Crippen MR) is 108 cm³/mol. The fourth-order valence-electron chi connectivity index (χ4n) is 3.44. The first kappa shape index (κ1) is 21.7. The zero-order chi connectivity index (χ0) is 23.3. The molecular weight excluding hydrogens is 428 g/mol. The van der Waals surface area contributed by atoms with Crippen molar-refractivity contribution < 1.29 is 49.6 Å². The highest BCUT2D eigenvalue weighted by atomic mass is 16.7. The van der Waals surface area contributed by atoms with Crippen molar-refractivity contribution in [2.24, 2.45) is 0 Å². The Morgan fingerprint density at radius 3 is 2.22 bits per heavy atom. The Kier molecular flexibility index (Phi) is 5.34. The molecule has 0 bridgehead atoms. The van der Waals surface area contributed by atoms with Crippen LogP contribution in [0.25, 0.3) is 22.3 Å². The number of aliphatic hydroxyl groups is 3. The fraction of sp³-hybridized carbons (Fsp3) is 0.286. The van der Waals surface area contributed by atoms with Crippen LogP contribution in [0.5, 0.6) is 28.7 Å². The Balaban J connectivity index is 1.82. The number of aromatic hydroxyl groups is 4. The van der Waals surface area contributed by atoms with Crippen molar-refractivity contribution in [3.8, 4) is 40.1 Å². The van der Waals surface area contributed by atoms with Gasteiger partial charge in [-0.15, -0.1) is 0 Å². The minimum atomic E-state index is -1.70. The third kappa shape index (κ3) is 3.46. The van der Waals surface area contributed by atoms with E-state index in [1.54, 1.807) is 0 Å². The van der Waals surface area contributed by atoms with Crippen molar-refractivity contribution in [2.45, 2.75) is 37.6 Å². The van der Waals surface area contributed by atoms with Crippen LogP contribution in [0.4, 0.5) is 0 Å². The SMILES string of the molecule is C[C@@H]1OC(Oc2cc(O)c3c(=O)c(O)c(-c4ccc(O)cc4)oc3c2O)[C@H](O)[C@H](O)[C@H]1O. The molecule has 1 aliphatic heterocycles. The van der Waals surface area contributed by atoms with Gasteiger partial charge in [0.2, 0.25) is 23.2 Å². The Bertz CT molecular complexity index is 1220. The molecular formula is C21H20O11. The Labute approximate surface area is 179 Å². The molecule has 7 N–H and O–H groups in total. The third-order valence-electron chi connectivity index (χ3n) is 5.24. The molecule has 5 atom stereocenters. The van der Waals surface area contributed by atoms with E-state index in [0.29, 0.717) is 0 Å². The first-order chi connectivity index (χ1) is 15.1. The molecule has 2 aromatic carbocycles. The molecule has 11 heteroatoms. The van der Waals surface area contributed by atoms with Gasteiger partial charge in [0.15, 0.2) is 17.1 Å². The van der Waals surface area contributed by atoms with Gasteiger partial charge >= 0.3 is 0 Å². The molecule has 3 aromatic rings. The molecule has 1 unspecified atom stereocenters. The topological polar surface area (TPSA) is 190 Å². The highest BCUT2D eigenvalue weighted by molar-refractivity contribution is 5.93. The average Bonchev–Trinajstić information content (AvgIpc) is 2.76. The smallest absolute Gasteiger partial charge is 0.238 e. The van der Waals surface area contributed by atoms with Crippen molar-refractivity contribution in [2.75, 3.05) is 0 Å². The molecule has 0 spiro atoms. The summed E-state index contributed by atoms with van der Waals surface area (Å²) in [5.74, 6) is -3.15. The summed E-state index contributed by atoms with van der Waals surface area (Å²) in [6.45, 7) is 1.43. The van der Waals surface area contributed by atoms with Crippen LogP contribution in [0.3, 0.4) is 0 Å². The van der Waals surface area contributed by atoms with Crippen molar-refractivity contribution >= 4 is 11.0 Å². The van der Waals surface area contributed by atoms with E-state index in [9.17, 15) is 40.5 Å². The molecule has 1 saturated heterocycles. The largest absolute Gasteiger partial charge is 0.508 e. The highest BCUT2D eigenvalue weighted by Gasteiger charge is 2.43. The normalized spacial score (nSPS) is 25.7. The number of hydrogen-bond donors (Lipinski definition) is 7. The van der Waals surface area contributed by atoms with E-state index in [4.69, 9.17) is 13.9 Å². The number of hydrogen-bond acceptors (Lipinski definition) is 11. The number of benzene rings is 2. The lowest BCUT2D eigenvalue weighted by Crippen LogP contribution is -2.58. The molecule has 0 aliphatic carbocycles. The van der Waals surface area contributed by atoms with Crippen LogP contribution in [0.1, 0.15) is 6.92 Å². The number of phenolic OH excluding ortho intramolecular Hbond substituents is 3. The van der Waals surface area contributed by atoms with Gasteiger partial charge < -0.3 is 49.6 Å². The van der Waals surface area contributed by atoms with Crippen LogP contribution in [-0.2, 0) is 4.74 Å². The van der Waals surface area contributed by atoms with E-state index in [1.165, 1.54) is 31.2 Å². The van der Waals surface area contributed by atoms with Crippen LogP contribution >= 0.6 is 0 Å². The molecule has 0 saturated carbocycles. The van der Waals surface area contributed by atoms with E-state index in [2.05, 4.69) is 0 Å². The lowest BCUT2D eigenvalue weighted by molar-refractivity contribution is -0.268. The zero-order valence-electron chi connectivity index (χ0n) is 16.5. The summed E-state index contributed by atoms with van der Waals surface area (Å²) in [5, 5.41) is 70.0. The molecule has 4 rings (SSSR count). The van der Waals surface area contributed by atoms with Crippen LogP contribution in [0.15, 0.2) is 39.5 Å². The maximum Gasteiger partial charge on any atom is 0.238 e. The quantitative estimate of drug-likeness (QED) is 0.276. The Morgan fingerprint density at radius 2 is 1.56 bits per heavy atom. The number of phenols is 3. The molecule has 170 valence electrons. The van der Waals surface area contributed by atoms with Gasteiger partial charge in [-0.05, 0) is 31.2 Å². The van der Waals surface area contributed by atoms with E-state index < -0.39 is 70.1 Å². The maximum absolute atomic E-state index is 12.6. The standard InChI is InChI=1S/C21H20O11/c1-7-13(24)16(27)18(29)21(30-7)31-11-6-10(23)12-15(26)17(28)19(32-20(12)14(11)25)8-2-4-9(22)5-3-8/h2-7,13,16,18,21-25,27-29H,1H3/t7-,13-,16+,18+,21?/m0/s1. The second-order valence-electron chi connectivity index (χ2n) is 7.40. The zero-order valence-corrected chi connectivity index (χ0v) is 16.5. The van der Waals surface area contributed by atoms with Crippen LogP contribution in [0.2, 0.25) is 0 Å². The number of ether oxygens (including phenoxy) is 2. The van der Waals surface area contributed by atoms with E-state index in [-0.39, 0.29) is 17.1 Å². The van der Waals surface area contributed by atoms with Gasteiger partial charge in [-0.3, -0.25) is 4.79 Å². The summed E-state index contributed by atoms with van der Waals surface area (Å²) >= 11 is 0. The molecule has 0 radical (unpaired) electrons. The van der Waals surface area contributed by atoms with Gasteiger partial charge in [0.05, 0.1) is 6.10 Å². The van der Waals surface area contributed by atoms with Crippen molar-refractivity contribution in [1.29, 1.82) is 0 Å². The van der Waals surface area contributed by atoms with E-state index in [1.807, 2.05) is 0 Å². The molecule has 32 heavy (non-hydrogen) atoms. The summed E-state index contributed by atoms with van der Waals surface area (Å²) in [4.78, 5) is 12.6. The van der Waals surface area contributed by atoms with Crippen LogP contribution in [-0.4, -0.2) is 66.5 Å². The minimum absolute atomic E-state index is 0.0693. The molecule has 1 aromatic heterocycles. The number of rotatable bonds is 3. The number of aliphatic hydroxyl groups excluding tert-OH is 3. The molecule has 1 aliphatic rings. The molecule has 2 heterocycles. The van der Waals surface area contributed by atoms with Gasteiger partial charge in [0.25, 0.3) is 0 Å². The van der Waals surface area contributed by atoms with Gasteiger partial charge in [-0.2, -0.15) is 0 Å². The van der Waals surface area contributed by atoms with Crippen LogP contribution in [0, 0.1) is 0 Å². The van der Waals surface area contributed by atoms with Crippen LogP contribution < -0.4 is 10.2 Å². The van der Waals surface area contributed by atoms with Crippen molar-refractivity contribution in [3.63, 3.8) is 0 Å². The summed E-state index contributed by atoms with van der Waals surface area (Å²) in [5.41, 5.74) is -1.36. The molecule has 11 nitrogen and oxygen atoms in total. The van der Waals surface area contributed by atoms with Gasteiger partial charge in [0, 0.05) is 11.6 Å². The monoisotopic (exact) mass is 448 g/mol. The van der Waals surface area contributed by atoms with Gasteiger partial charge in [0.1, 0.15) is 35.2 Å². The minimum Gasteiger partial charge on any atom is -0.508 e. The predicted octanol–water partition coefficient (Wildman–Crippen LogP) is 0.489. The fourth-order valence-corrected chi connectivity index (χ4v) is 3.44. The molecule has 0 amide bonds. The third-order valence-corrected chi connectivity index (χ3v) is 5.24. The summed E-state index contributed by atoms with van der Waals surface area (Å²) < 4.78 is 16.2. The first-order valence-corrected chi connectivity index (χ1v) is 9.50. The van der Waals surface area contributed by atoms with Crippen molar-refractivity contribution in [3.05, 3.63) is 40.6 Å². The lowest BCUT2D eigenvalue weighted by Gasteiger charge is -2.38. The Morgan fingerprint density at radius 1 is 0.906 bits per heavy atom. The second-order valence-corrected chi connectivity index (χ2v) is 7.40.